The van der Waals surface area contributed by atoms with Crippen molar-refractivity contribution in [3.8, 4) is 11.4 Å². The highest BCUT2D eigenvalue weighted by Crippen LogP contribution is 2.18. The molecular weight excluding hydrogens is 222 g/mol. The Morgan fingerprint density at radius 1 is 1.06 bits per heavy atom. The summed E-state index contributed by atoms with van der Waals surface area (Å²) in [7, 11) is 0. The summed E-state index contributed by atoms with van der Waals surface area (Å²) >= 11 is 0. The van der Waals surface area contributed by atoms with Crippen molar-refractivity contribution in [2.75, 3.05) is 0 Å². The van der Waals surface area contributed by atoms with Gasteiger partial charge < -0.3 is 0 Å². The van der Waals surface area contributed by atoms with Gasteiger partial charge >= 0.3 is 0 Å². The molecular formula is C15H15N3. The molecule has 0 unspecified atom stereocenters. The number of aromatic nitrogens is 2. The molecule has 2 aromatic rings. The highest BCUT2D eigenvalue weighted by molar-refractivity contribution is 5.72. The standard InChI is InChI=1S/C15H15N3/c1-3-12(16-4-2)14-9-7-10-15(18-14)13-8-5-6-11-17-13/h3-11H,1-2H3/b12-3-,16-4?. The van der Waals surface area contributed by atoms with Crippen LogP contribution in [0.15, 0.2) is 53.7 Å². The highest BCUT2D eigenvalue weighted by atomic mass is 14.8. The lowest BCUT2D eigenvalue weighted by atomic mass is 10.2. The van der Waals surface area contributed by atoms with Crippen LogP contribution in [0, 0.1) is 0 Å². The van der Waals surface area contributed by atoms with Crippen LogP contribution >= 0.6 is 0 Å². The quantitative estimate of drug-likeness (QED) is 0.765. The van der Waals surface area contributed by atoms with E-state index in [1.807, 2.05) is 56.3 Å². The third kappa shape index (κ3) is 2.69. The molecule has 3 heteroatoms. The van der Waals surface area contributed by atoms with Crippen LogP contribution < -0.4 is 0 Å². The van der Waals surface area contributed by atoms with E-state index in [1.54, 1.807) is 12.4 Å². The van der Waals surface area contributed by atoms with Gasteiger partial charge in [0.2, 0.25) is 0 Å². The molecule has 0 saturated carbocycles. The van der Waals surface area contributed by atoms with Gasteiger partial charge in [0.05, 0.1) is 22.8 Å². The first-order valence-corrected chi connectivity index (χ1v) is 5.89. The zero-order chi connectivity index (χ0) is 12.8. The van der Waals surface area contributed by atoms with Crippen LogP contribution in [0.5, 0.6) is 0 Å². The average Bonchev–Trinajstić information content (AvgIpc) is 2.46. The van der Waals surface area contributed by atoms with Crippen molar-refractivity contribution < 1.29 is 0 Å². The van der Waals surface area contributed by atoms with Gasteiger partial charge in [-0.25, -0.2) is 4.98 Å². The van der Waals surface area contributed by atoms with E-state index in [0.29, 0.717) is 0 Å². The van der Waals surface area contributed by atoms with Gasteiger partial charge in [0.1, 0.15) is 0 Å². The van der Waals surface area contributed by atoms with E-state index in [1.165, 1.54) is 0 Å². The molecule has 0 atom stereocenters. The van der Waals surface area contributed by atoms with Gasteiger partial charge in [-0.3, -0.25) is 9.98 Å². The van der Waals surface area contributed by atoms with Gasteiger partial charge in [-0.2, -0.15) is 0 Å². The minimum absolute atomic E-state index is 0.860. The molecule has 0 fully saturated rings. The van der Waals surface area contributed by atoms with Crippen molar-refractivity contribution in [1.82, 2.24) is 9.97 Å². The van der Waals surface area contributed by atoms with Crippen molar-refractivity contribution in [3.05, 3.63) is 54.4 Å². The molecule has 18 heavy (non-hydrogen) atoms. The van der Waals surface area contributed by atoms with E-state index >= 15 is 0 Å². The topological polar surface area (TPSA) is 38.1 Å². The van der Waals surface area contributed by atoms with Gasteiger partial charge in [-0.1, -0.05) is 18.2 Å². The number of allylic oxidation sites excluding steroid dienone is 1. The lowest BCUT2D eigenvalue weighted by molar-refractivity contribution is 1.21. The molecule has 0 bridgehead atoms. The number of pyridine rings is 2. The van der Waals surface area contributed by atoms with E-state index < -0.39 is 0 Å². The fourth-order valence-electron chi connectivity index (χ4n) is 1.66. The molecule has 3 nitrogen and oxygen atoms in total. The third-order valence-corrected chi connectivity index (χ3v) is 2.48. The predicted molar refractivity (Wildman–Crippen MR) is 75.3 cm³/mol. The van der Waals surface area contributed by atoms with Gasteiger partial charge in [0, 0.05) is 12.4 Å². The highest BCUT2D eigenvalue weighted by Gasteiger charge is 2.04. The van der Waals surface area contributed by atoms with E-state index in [2.05, 4.69) is 15.0 Å². The number of hydrogen-bond acceptors (Lipinski definition) is 3. The largest absolute Gasteiger partial charge is 0.260 e. The molecule has 90 valence electrons. The van der Waals surface area contributed by atoms with Crippen molar-refractivity contribution in [2.45, 2.75) is 13.8 Å². The molecule has 0 spiro atoms. The molecule has 2 aromatic heterocycles. The van der Waals surface area contributed by atoms with E-state index in [4.69, 9.17) is 0 Å². The van der Waals surface area contributed by atoms with Crippen LogP contribution in [0.2, 0.25) is 0 Å². The van der Waals surface area contributed by atoms with Gasteiger partial charge in [-0.05, 0) is 38.1 Å². The Bertz CT molecular complexity index is 571. The number of aliphatic imine (C=N–C) groups is 1. The Balaban J connectivity index is 2.43. The van der Waals surface area contributed by atoms with Crippen LogP contribution in [0.4, 0.5) is 0 Å². The minimum atomic E-state index is 0.860. The summed E-state index contributed by atoms with van der Waals surface area (Å²) in [5.74, 6) is 0. The maximum absolute atomic E-state index is 4.59. The zero-order valence-electron chi connectivity index (χ0n) is 10.5. The van der Waals surface area contributed by atoms with Crippen molar-refractivity contribution in [3.63, 3.8) is 0 Å². The summed E-state index contributed by atoms with van der Waals surface area (Å²) < 4.78 is 0. The summed E-state index contributed by atoms with van der Waals surface area (Å²) in [6.45, 7) is 3.85. The first-order chi connectivity index (χ1) is 8.85. The minimum Gasteiger partial charge on any atom is -0.260 e. The van der Waals surface area contributed by atoms with Gasteiger partial charge in [-0.15, -0.1) is 0 Å². The lowest BCUT2D eigenvalue weighted by Crippen LogP contribution is -1.92. The Morgan fingerprint density at radius 3 is 2.56 bits per heavy atom. The van der Waals surface area contributed by atoms with Crippen molar-refractivity contribution in [1.29, 1.82) is 0 Å². The molecule has 0 amide bonds. The van der Waals surface area contributed by atoms with Crippen LogP contribution in [0.25, 0.3) is 17.1 Å². The molecule has 0 aliphatic rings. The molecule has 0 radical (unpaired) electrons. The van der Waals surface area contributed by atoms with Gasteiger partial charge in [0.25, 0.3) is 0 Å². The molecule has 2 rings (SSSR count). The summed E-state index contributed by atoms with van der Waals surface area (Å²) in [6, 6.07) is 11.7. The number of nitrogens with zero attached hydrogens (tertiary/aromatic N) is 3. The Labute approximate surface area is 107 Å². The van der Waals surface area contributed by atoms with Crippen LogP contribution in [0.3, 0.4) is 0 Å². The average molecular weight is 237 g/mol. The zero-order valence-corrected chi connectivity index (χ0v) is 10.5. The molecule has 0 saturated heterocycles. The molecule has 0 aromatic carbocycles. The second kappa shape index (κ2) is 5.87. The second-order valence-electron chi connectivity index (χ2n) is 3.68. The monoisotopic (exact) mass is 237 g/mol. The Hall–Kier alpha value is -2.29. The normalized spacial score (nSPS) is 12.0. The number of hydrogen-bond donors (Lipinski definition) is 0. The molecule has 0 N–H and O–H groups in total. The first-order valence-electron chi connectivity index (χ1n) is 5.89. The van der Waals surface area contributed by atoms with Gasteiger partial charge in [0.15, 0.2) is 0 Å². The van der Waals surface area contributed by atoms with Crippen molar-refractivity contribution >= 4 is 11.9 Å². The van der Waals surface area contributed by atoms with E-state index in [0.717, 1.165) is 22.8 Å². The second-order valence-corrected chi connectivity index (χ2v) is 3.68. The van der Waals surface area contributed by atoms with Crippen LogP contribution in [0.1, 0.15) is 19.5 Å². The summed E-state index contributed by atoms with van der Waals surface area (Å²) in [4.78, 5) is 13.2. The first kappa shape index (κ1) is 12.2. The Kier molecular flexibility index (Phi) is 3.97. The van der Waals surface area contributed by atoms with Crippen LogP contribution in [-0.4, -0.2) is 16.2 Å². The Morgan fingerprint density at radius 2 is 1.89 bits per heavy atom. The maximum Gasteiger partial charge on any atom is 0.0894 e. The fraction of sp³-hybridized carbons (Fsp3) is 0.133. The predicted octanol–water partition coefficient (Wildman–Crippen LogP) is 3.60. The third-order valence-electron chi connectivity index (χ3n) is 2.48. The molecule has 0 aliphatic heterocycles. The smallest absolute Gasteiger partial charge is 0.0894 e. The fourth-order valence-corrected chi connectivity index (χ4v) is 1.66. The number of rotatable bonds is 3. The SMILES string of the molecule is CC=N/C(=C\C)c1cccc(-c2ccccn2)n1. The van der Waals surface area contributed by atoms with E-state index in [9.17, 15) is 0 Å². The summed E-state index contributed by atoms with van der Waals surface area (Å²) in [6.07, 6.45) is 5.49. The summed E-state index contributed by atoms with van der Waals surface area (Å²) in [5.41, 5.74) is 3.46. The van der Waals surface area contributed by atoms with Crippen molar-refractivity contribution in [2.24, 2.45) is 4.99 Å². The molecule has 2 heterocycles. The van der Waals surface area contributed by atoms with Crippen LogP contribution in [-0.2, 0) is 0 Å². The lowest BCUT2D eigenvalue weighted by Gasteiger charge is -2.04. The summed E-state index contributed by atoms with van der Waals surface area (Å²) in [5, 5.41) is 0. The maximum atomic E-state index is 4.59. The molecule has 0 aliphatic carbocycles. The van der Waals surface area contributed by atoms with E-state index in [-0.39, 0.29) is 0 Å².